The number of hydrogen-bond acceptors (Lipinski definition) is 4. The van der Waals surface area contributed by atoms with Crippen LogP contribution >= 0.6 is 11.3 Å². The van der Waals surface area contributed by atoms with Gasteiger partial charge >= 0.3 is 0 Å². The summed E-state index contributed by atoms with van der Waals surface area (Å²) in [5.74, 6) is 0.00136. The van der Waals surface area contributed by atoms with Gasteiger partial charge < -0.3 is 14.8 Å². The Hall–Kier alpha value is -2.67. The van der Waals surface area contributed by atoms with Gasteiger partial charge in [0.25, 0.3) is 0 Å². The third-order valence-corrected chi connectivity index (χ3v) is 5.69. The van der Waals surface area contributed by atoms with Gasteiger partial charge in [0.15, 0.2) is 5.13 Å². The lowest BCUT2D eigenvalue weighted by atomic mass is 10.1. The van der Waals surface area contributed by atoms with Gasteiger partial charge in [0, 0.05) is 48.9 Å². The minimum atomic E-state index is -0.125. The number of fused-ring (bicyclic) bond motifs is 2. The van der Waals surface area contributed by atoms with Crippen LogP contribution < -0.4 is 5.32 Å². The van der Waals surface area contributed by atoms with E-state index in [1.807, 2.05) is 30.3 Å². The Balaban J connectivity index is 1.50. The standard InChI is InChI=1S/C19H20N4O2S/c1-12(24)20-19-21-15-7-8-23(11-17(15)26-19)18(25)9-13-10-22(2)16-6-4-3-5-14(13)16/h3-6,10H,7-9,11H2,1-2H3,(H,20,21,24). The maximum Gasteiger partial charge on any atom is 0.227 e. The van der Waals surface area contributed by atoms with Gasteiger partial charge in [-0.3, -0.25) is 9.59 Å². The molecule has 0 aliphatic carbocycles. The van der Waals surface area contributed by atoms with Crippen molar-refractivity contribution in [2.24, 2.45) is 7.05 Å². The van der Waals surface area contributed by atoms with Gasteiger partial charge in [-0.2, -0.15) is 0 Å². The van der Waals surface area contributed by atoms with E-state index in [9.17, 15) is 9.59 Å². The molecule has 0 saturated carbocycles. The van der Waals surface area contributed by atoms with Crippen molar-refractivity contribution in [1.29, 1.82) is 0 Å². The van der Waals surface area contributed by atoms with Crippen LogP contribution in [0.25, 0.3) is 10.9 Å². The average molecular weight is 368 g/mol. The summed E-state index contributed by atoms with van der Waals surface area (Å²) < 4.78 is 2.06. The smallest absolute Gasteiger partial charge is 0.227 e. The molecule has 1 aliphatic heterocycles. The number of nitrogens with one attached hydrogen (secondary N) is 1. The molecule has 1 aromatic carbocycles. The molecule has 26 heavy (non-hydrogen) atoms. The zero-order valence-electron chi connectivity index (χ0n) is 14.8. The van der Waals surface area contributed by atoms with E-state index in [0.717, 1.165) is 33.5 Å². The highest BCUT2D eigenvalue weighted by atomic mass is 32.1. The van der Waals surface area contributed by atoms with E-state index >= 15 is 0 Å². The molecule has 0 fully saturated rings. The Morgan fingerprint density at radius 3 is 2.92 bits per heavy atom. The summed E-state index contributed by atoms with van der Waals surface area (Å²) in [5, 5.41) is 4.48. The van der Waals surface area contributed by atoms with Crippen LogP contribution in [0.4, 0.5) is 5.13 Å². The highest BCUT2D eigenvalue weighted by molar-refractivity contribution is 7.15. The van der Waals surface area contributed by atoms with Crippen molar-refractivity contribution in [2.75, 3.05) is 11.9 Å². The van der Waals surface area contributed by atoms with E-state index in [1.165, 1.54) is 18.3 Å². The molecular formula is C19H20N4O2S. The van der Waals surface area contributed by atoms with Crippen LogP contribution in [0.5, 0.6) is 0 Å². The van der Waals surface area contributed by atoms with Gasteiger partial charge in [-0.25, -0.2) is 4.98 Å². The number of thiazole rings is 1. The number of para-hydroxylation sites is 1. The fourth-order valence-electron chi connectivity index (χ4n) is 3.45. The summed E-state index contributed by atoms with van der Waals surface area (Å²) in [7, 11) is 2.00. The molecule has 3 heterocycles. The number of nitrogens with zero attached hydrogens (tertiary/aromatic N) is 3. The molecule has 0 bridgehead atoms. The summed E-state index contributed by atoms with van der Waals surface area (Å²) in [4.78, 5) is 31.5. The van der Waals surface area contributed by atoms with E-state index in [-0.39, 0.29) is 11.8 Å². The SMILES string of the molecule is CC(=O)Nc1nc2c(s1)CN(C(=O)Cc1cn(C)c3ccccc13)CC2. The highest BCUT2D eigenvalue weighted by Crippen LogP contribution is 2.29. The summed E-state index contributed by atoms with van der Waals surface area (Å²) in [5.41, 5.74) is 3.19. The second-order valence-corrected chi connectivity index (χ2v) is 7.68. The van der Waals surface area contributed by atoms with Gasteiger partial charge in [0.05, 0.1) is 18.7 Å². The number of rotatable bonds is 3. The van der Waals surface area contributed by atoms with Crippen LogP contribution in [0.15, 0.2) is 30.5 Å². The first-order chi connectivity index (χ1) is 12.5. The summed E-state index contributed by atoms with van der Waals surface area (Å²) in [6, 6.07) is 8.15. The molecule has 0 radical (unpaired) electrons. The number of benzene rings is 1. The van der Waals surface area contributed by atoms with Crippen molar-refractivity contribution in [3.8, 4) is 0 Å². The maximum absolute atomic E-state index is 12.8. The molecule has 1 aliphatic rings. The molecule has 1 N–H and O–H groups in total. The summed E-state index contributed by atoms with van der Waals surface area (Å²) >= 11 is 1.46. The van der Waals surface area contributed by atoms with Gasteiger partial charge in [-0.05, 0) is 11.6 Å². The van der Waals surface area contributed by atoms with E-state index in [0.29, 0.717) is 24.6 Å². The predicted molar refractivity (Wildman–Crippen MR) is 102 cm³/mol. The van der Waals surface area contributed by atoms with Crippen LogP contribution in [-0.4, -0.2) is 32.8 Å². The summed E-state index contributed by atoms with van der Waals surface area (Å²) in [6.45, 7) is 2.70. The highest BCUT2D eigenvalue weighted by Gasteiger charge is 2.25. The number of anilines is 1. The molecule has 7 heteroatoms. The van der Waals surface area contributed by atoms with Crippen molar-refractivity contribution in [3.05, 3.63) is 46.6 Å². The van der Waals surface area contributed by atoms with Crippen LogP contribution in [0, 0.1) is 0 Å². The zero-order chi connectivity index (χ0) is 18.3. The van der Waals surface area contributed by atoms with Gasteiger partial charge in [0.1, 0.15) is 0 Å². The molecule has 3 aromatic rings. The number of carbonyl (C=O) groups is 2. The Kier molecular flexibility index (Phi) is 4.24. The number of carbonyl (C=O) groups excluding carboxylic acids is 2. The average Bonchev–Trinajstić information content (AvgIpc) is 3.14. The second-order valence-electron chi connectivity index (χ2n) is 6.59. The largest absolute Gasteiger partial charge is 0.350 e. The lowest BCUT2D eigenvalue weighted by molar-refractivity contribution is -0.131. The van der Waals surface area contributed by atoms with E-state index in [1.54, 1.807) is 0 Å². The lowest BCUT2D eigenvalue weighted by Crippen LogP contribution is -2.36. The third kappa shape index (κ3) is 3.10. The van der Waals surface area contributed by atoms with E-state index < -0.39 is 0 Å². The number of amides is 2. The van der Waals surface area contributed by atoms with Gasteiger partial charge in [-0.15, -0.1) is 0 Å². The molecule has 0 unspecified atom stereocenters. The molecule has 134 valence electrons. The molecule has 0 saturated heterocycles. The number of aryl methyl sites for hydroxylation is 1. The van der Waals surface area contributed by atoms with Gasteiger partial charge in [-0.1, -0.05) is 29.5 Å². The first kappa shape index (κ1) is 16.8. The second kappa shape index (κ2) is 6.57. The number of hydrogen-bond donors (Lipinski definition) is 1. The quantitative estimate of drug-likeness (QED) is 0.773. The van der Waals surface area contributed by atoms with Crippen LogP contribution in [0.3, 0.4) is 0 Å². The fraction of sp³-hybridized carbons (Fsp3) is 0.316. The zero-order valence-corrected chi connectivity index (χ0v) is 15.6. The Morgan fingerprint density at radius 1 is 1.31 bits per heavy atom. The van der Waals surface area contributed by atoms with Crippen molar-refractivity contribution >= 4 is 39.2 Å². The Bertz CT molecular complexity index is 1000. The number of aromatic nitrogens is 2. The van der Waals surface area contributed by atoms with Crippen LogP contribution in [-0.2, 0) is 36.0 Å². The molecular weight excluding hydrogens is 348 g/mol. The van der Waals surface area contributed by atoms with Gasteiger partial charge in [0.2, 0.25) is 11.8 Å². The molecule has 0 atom stereocenters. The van der Waals surface area contributed by atoms with Crippen LogP contribution in [0.1, 0.15) is 23.1 Å². The molecule has 6 nitrogen and oxygen atoms in total. The normalized spacial score (nSPS) is 13.7. The molecule has 2 aromatic heterocycles. The Morgan fingerprint density at radius 2 is 2.12 bits per heavy atom. The summed E-state index contributed by atoms with van der Waals surface area (Å²) in [6.07, 6.45) is 3.17. The molecule has 4 rings (SSSR count). The molecule has 2 amide bonds. The fourth-order valence-corrected chi connectivity index (χ4v) is 4.52. The minimum absolute atomic E-state index is 0.125. The molecule has 0 spiro atoms. The lowest BCUT2D eigenvalue weighted by Gasteiger charge is -2.26. The Labute approximate surface area is 155 Å². The van der Waals surface area contributed by atoms with E-state index in [4.69, 9.17) is 0 Å². The topological polar surface area (TPSA) is 67.2 Å². The van der Waals surface area contributed by atoms with Crippen molar-refractivity contribution in [1.82, 2.24) is 14.5 Å². The first-order valence-electron chi connectivity index (χ1n) is 8.58. The predicted octanol–water partition coefficient (Wildman–Crippen LogP) is 2.72. The minimum Gasteiger partial charge on any atom is -0.350 e. The third-order valence-electron chi connectivity index (χ3n) is 4.69. The van der Waals surface area contributed by atoms with Crippen molar-refractivity contribution < 1.29 is 9.59 Å². The van der Waals surface area contributed by atoms with Crippen molar-refractivity contribution in [2.45, 2.75) is 26.3 Å². The monoisotopic (exact) mass is 368 g/mol. The maximum atomic E-state index is 12.8. The first-order valence-corrected chi connectivity index (χ1v) is 9.40. The van der Waals surface area contributed by atoms with Crippen molar-refractivity contribution in [3.63, 3.8) is 0 Å². The van der Waals surface area contributed by atoms with E-state index in [2.05, 4.69) is 27.0 Å². The van der Waals surface area contributed by atoms with Crippen LogP contribution in [0.2, 0.25) is 0 Å².